The normalized spacial score (nSPS) is 12.9. The van der Waals surface area contributed by atoms with E-state index in [9.17, 15) is 18.3 Å². The minimum atomic E-state index is -4.50. The van der Waals surface area contributed by atoms with Gasteiger partial charge >= 0.3 is 6.18 Å². The Morgan fingerprint density at radius 2 is 1.60 bits per heavy atom. The first-order valence-corrected chi connectivity index (χ1v) is 4.53. The number of phenolic OH excluding ortho intramolecular Hbond substituents is 1. The first-order valence-electron chi connectivity index (χ1n) is 4.53. The lowest BCUT2D eigenvalue weighted by Gasteiger charge is -2.20. The van der Waals surface area contributed by atoms with Crippen LogP contribution < -0.4 is 0 Å². The van der Waals surface area contributed by atoms with E-state index in [1.807, 2.05) is 20.8 Å². The van der Waals surface area contributed by atoms with E-state index in [0.29, 0.717) is 5.56 Å². The van der Waals surface area contributed by atoms with E-state index >= 15 is 0 Å². The van der Waals surface area contributed by atoms with Crippen LogP contribution in [0, 0.1) is 0 Å². The SMILES string of the molecule is CC(C)(C)c1ccc(C(F)(F)F)c(O)c1. The molecule has 4 heteroatoms. The highest BCUT2D eigenvalue weighted by Gasteiger charge is 2.34. The topological polar surface area (TPSA) is 20.2 Å². The van der Waals surface area contributed by atoms with Crippen LogP contribution >= 0.6 is 0 Å². The van der Waals surface area contributed by atoms with Gasteiger partial charge in [0.25, 0.3) is 0 Å². The highest BCUT2D eigenvalue weighted by Crippen LogP contribution is 2.37. The number of hydrogen-bond donors (Lipinski definition) is 1. The first kappa shape index (κ1) is 11.9. The quantitative estimate of drug-likeness (QED) is 0.703. The van der Waals surface area contributed by atoms with Crippen LogP contribution in [-0.2, 0) is 11.6 Å². The van der Waals surface area contributed by atoms with Gasteiger partial charge in [-0.1, -0.05) is 26.8 Å². The molecule has 84 valence electrons. The smallest absolute Gasteiger partial charge is 0.419 e. The van der Waals surface area contributed by atoms with Crippen molar-refractivity contribution in [3.8, 4) is 5.75 Å². The van der Waals surface area contributed by atoms with Crippen LogP contribution in [0.15, 0.2) is 18.2 Å². The molecule has 0 unspecified atom stereocenters. The lowest BCUT2D eigenvalue weighted by molar-refractivity contribution is -0.138. The molecule has 0 aliphatic heterocycles. The number of phenols is 1. The standard InChI is InChI=1S/C11H13F3O/c1-10(2,3)7-4-5-8(9(15)6-7)11(12,13)14/h4-6,15H,1-3H3. The van der Waals surface area contributed by atoms with E-state index in [0.717, 1.165) is 6.07 Å². The van der Waals surface area contributed by atoms with Crippen molar-refractivity contribution in [1.29, 1.82) is 0 Å². The molecule has 0 spiro atoms. The highest BCUT2D eigenvalue weighted by molar-refractivity contribution is 5.40. The lowest BCUT2D eigenvalue weighted by atomic mass is 9.86. The van der Waals surface area contributed by atoms with Crippen molar-refractivity contribution in [2.45, 2.75) is 32.4 Å². The fraction of sp³-hybridized carbons (Fsp3) is 0.455. The van der Waals surface area contributed by atoms with Gasteiger partial charge in [-0.2, -0.15) is 13.2 Å². The summed E-state index contributed by atoms with van der Waals surface area (Å²) in [5, 5.41) is 9.27. The molecule has 1 nitrogen and oxygen atoms in total. The van der Waals surface area contributed by atoms with E-state index in [2.05, 4.69) is 0 Å². The zero-order chi connectivity index (χ0) is 11.9. The summed E-state index contributed by atoms with van der Waals surface area (Å²) >= 11 is 0. The molecule has 0 heterocycles. The molecular formula is C11H13F3O. The summed E-state index contributed by atoms with van der Waals surface area (Å²) < 4.78 is 37.0. The molecule has 0 fully saturated rings. The average molecular weight is 218 g/mol. The van der Waals surface area contributed by atoms with Gasteiger partial charge in [-0.05, 0) is 23.1 Å². The fourth-order valence-corrected chi connectivity index (χ4v) is 1.24. The van der Waals surface area contributed by atoms with Crippen LogP contribution in [0.5, 0.6) is 5.75 Å². The van der Waals surface area contributed by atoms with Gasteiger partial charge < -0.3 is 5.11 Å². The molecule has 1 N–H and O–H groups in total. The van der Waals surface area contributed by atoms with Gasteiger partial charge in [0, 0.05) is 0 Å². The van der Waals surface area contributed by atoms with Gasteiger partial charge in [-0.25, -0.2) is 0 Å². The van der Waals surface area contributed by atoms with Gasteiger partial charge in [-0.3, -0.25) is 0 Å². The number of hydrogen-bond acceptors (Lipinski definition) is 1. The predicted octanol–water partition coefficient (Wildman–Crippen LogP) is 3.71. The first-order chi connectivity index (χ1) is 6.62. The molecule has 0 aromatic heterocycles. The number of alkyl halides is 3. The molecule has 0 aliphatic carbocycles. The zero-order valence-corrected chi connectivity index (χ0v) is 8.81. The van der Waals surface area contributed by atoms with Gasteiger partial charge in [0.05, 0.1) is 5.56 Å². The van der Waals surface area contributed by atoms with Crippen LogP contribution in [-0.4, -0.2) is 5.11 Å². The Balaban J connectivity index is 3.21. The molecule has 0 saturated heterocycles. The van der Waals surface area contributed by atoms with Gasteiger partial charge in [0.2, 0.25) is 0 Å². The molecule has 0 aliphatic rings. The Hall–Kier alpha value is -1.19. The van der Waals surface area contributed by atoms with Crippen LogP contribution in [0.4, 0.5) is 13.2 Å². The Morgan fingerprint density at radius 1 is 1.07 bits per heavy atom. The van der Waals surface area contributed by atoms with Crippen molar-refractivity contribution in [2.75, 3.05) is 0 Å². The second-order valence-corrected chi connectivity index (χ2v) is 4.48. The van der Waals surface area contributed by atoms with Crippen molar-refractivity contribution >= 4 is 0 Å². The number of aromatic hydroxyl groups is 1. The highest BCUT2D eigenvalue weighted by atomic mass is 19.4. The largest absolute Gasteiger partial charge is 0.507 e. The van der Waals surface area contributed by atoms with E-state index in [-0.39, 0.29) is 5.41 Å². The summed E-state index contributed by atoms with van der Waals surface area (Å²) in [6, 6.07) is 3.47. The summed E-state index contributed by atoms with van der Waals surface area (Å²) in [7, 11) is 0. The molecule has 1 rings (SSSR count). The number of rotatable bonds is 0. The van der Waals surface area contributed by atoms with Gasteiger partial charge in [0.15, 0.2) is 0 Å². The summed E-state index contributed by atoms with van der Waals surface area (Å²) in [5.74, 6) is -0.713. The molecule has 0 atom stereocenters. The third kappa shape index (κ3) is 2.64. The van der Waals surface area contributed by atoms with Crippen molar-refractivity contribution in [3.05, 3.63) is 29.3 Å². The molecular weight excluding hydrogens is 205 g/mol. The lowest BCUT2D eigenvalue weighted by Crippen LogP contribution is -2.12. The van der Waals surface area contributed by atoms with E-state index in [1.54, 1.807) is 0 Å². The average Bonchev–Trinajstić information content (AvgIpc) is 1.99. The number of benzene rings is 1. The minimum Gasteiger partial charge on any atom is -0.507 e. The molecule has 0 radical (unpaired) electrons. The fourth-order valence-electron chi connectivity index (χ4n) is 1.24. The third-order valence-electron chi connectivity index (χ3n) is 2.17. The summed E-state index contributed by atoms with van der Waals surface area (Å²) in [5.41, 5.74) is -0.592. The zero-order valence-electron chi connectivity index (χ0n) is 8.81. The van der Waals surface area contributed by atoms with Gasteiger partial charge in [0.1, 0.15) is 5.75 Å². The predicted molar refractivity (Wildman–Crippen MR) is 51.8 cm³/mol. The molecule has 0 amide bonds. The van der Waals surface area contributed by atoms with E-state index in [4.69, 9.17) is 0 Å². The molecule has 1 aromatic carbocycles. The minimum absolute atomic E-state index is 0.276. The monoisotopic (exact) mass is 218 g/mol. The third-order valence-corrected chi connectivity index (χ3v) is 2.17. The van der Waals surface area contributed by atoms with Crippen LogP contribution in [0.3, 0.4) is 0 Å². The van der Waals surface area contributed by atoms with Crippen molar-refractivity contribution in [1.82, 2.24) is 0 Å². The summed E-state index contributed by atoms with van der Waals surface area (Å²) in [4.78, 5) is 0. The Bertz CT molecular complexity index is 361. The van der Waals surface area contributed by atoms with Crippen LogP contribution in [0.25, 0.3) is 0 Å². The van der Waals surface area contributed by atoms with Crippen molar-refractivity contribution in [2.24, 2.45) is 0 Å². The Morgan fingerprint density at radius 3 is 1.93 bits per heavy atom. The molecule has 15 heavy (non-hydrogen) atoms. The Kier molecular flexibility index (Phi) is 2.72. The second-order valence-electron chi connectivity index (χ2n) is 4.48. The number of halogens is 3. The Labute approximate surface area is 86.5 Å². The van der Waals surface area contributed by atoms with Crippen LogP contribution in [0.1, 0.15) is 31.9 Å². The maximum atomic E-state index is 12.3. The van der Waals surface area contributed by atoms with Crippen molar-refractivity contribution < 1.29 is 18.3 Å². The molecule has 0 bridgehead atoms. The molecule has 0 saturated carbocycles. The summed E-state index contributed by atoms with van der Waals surface area (Å²) in [6.07, 6.45) is -4.50. The van der Waals surface area contributed by atoms with E-state index < -0.39 is 17.5 Å². The van der Waals surface area contributed by atoms with Crippen LogP contribution in [0.2, 0.25) is 0 Å². The van der Waals surface area contributed by atoms with E-state index in [1.165, 1.54) is 12.1 Å². The summed E-state index contributed by atoms with van der Waals surface area (Å²) in [6.45, 7) is 5.61. The molecule has 1 aromatic rings. The van der Waals surface area contributed by atoms with Crippen molar-refractivity contribution in [3.63, 3.8) is 0 Å². The maximum Gasteiger partial charge on any atom is 0.419 e. The maximum absolute atomic E-state index is 12.3. The van der Waals surface area contributed by atoms with Gasteiger partial charge in [-0.15, -0.1) is 0 Å². The second kappa shape index (κ2) is 3.43.